The number of amides is 1. The van der Waals surface area contributed by atoms with Gasteiger partial charge in [-0.1, -0.05) is 0 Å². The minimum atomic E-state index is -0.422. The first-order valence-corrected chi connectivity index (χ1v) is 5.45. The number of nitrogens with zero attached hydrogens (tertiary/aromatic N) is 1. The summed E-state index contributed by atoms with van der Waals surface area (Å²) >= 11 is 0. The summed E-state index contributed by atoms with van der Waals surface area (Å²) in [5.74, 6) is 0.208. The highest BCUT2D eigenvalue weighted by atomic mass is 31.0. The normalized spacial score (nSPS) is 30.6. The Morgan fingerprint density at radius 1 is 1.62 bits per heavy atom. The molecule has 0 aromatic carbocycles. The van der Waals surface area contributed by atoms with Crippen LogP contribution in [0.5, 0.6) is 0 Å². The molecule has 2 aliphatic rings. The van der Waals surface area contributed by atoms with Gasteiger partial charge in [0, 0.05) is 20.2 Å². The number of likely N-dealkylation sites (tertiary alicyclic amines) is 1. The first-order valence-electron chi connectivity index (χ1n) is 4.78. The molecule has 74 valence electrons. The molecule has 2 atom stereocenters. The lowest BCUT2D eigenvalue weighted by Gasteiger charge is -2.21. The van der Waals surface area contributed by atoms with Crippen LogP contribution < -0.4 is 0 Å². The topological polar surface area (TPSA) is 29.5 Å². The van der Waals surface area contributed by atoms with Crippen LogP contribution in [0, 0.1) is 0 Å². The minimum absolute atomic E-state index is 0.208. The molecule has 3 nitrogen and oxygen atoms in total. The minimum Gasteiger partial charge on any atom is -0.368 e. The standard InChI is InChI=1S/C9H16NO2P/c1-12-9(3-4-9)8(11)10-5-2-7(13)6-10/h7H,2-6,13H2,1H3. The molecule has 1 amide bonds. The van der Waals surface area contributed by atoms with Crippen molar-refractivity contribution in [2.75, 3.05) is 20.2 Å². The summed E-state index contributed by atoms with van der Waals surface area (Å²) in [5, 5.41) is 0. The number of methoxy groups -OCH3 is 1. The molecule has 1 heterocycles. The molecule has 1 aliphatic heterocycles. The van der Waals surface area contributed by atoms with Crippen molar-refractivity contribution in [2.24, 2.45) is 0 Å². The summed E-state index contributed by atoms with van der Waals surface area (Å²) in [4.78, 5) is 13.8. The third-order valence-corrected chi connectivity index (χ3v) is 3.54. The number of ether oxygens (including phenoxy) is 1. The molecule has 0 aromatic heterocycles. The van der Waals surface area contributed by atoms with Crippen molar-refractivity contribution < 1.29 is 9.53 Å². The molecule has 4 heteroatoms. The zero-order chi connectivity index (χ0) is 9.47. The first kappa shape index (κ1) is 9.42. The fourth-order valence-electron chi connectivity index (χ4n) is 1.88. The van der Waals surface area contributed by atoms with Crippen LogP contribution >= 0.6 is 9.24 Å². The molecule has 0 N–H and O–H groups in total. The molecule has 0 aromatic rings. The van der Waals surface area contributed by atoms with Gasteiger partial charge in [-0.15, -0.1) is 9.24 Å². The maximum Gasteiger partial charge on any atom is 0.254 e. The molecule has 13 heavy (non-hydrogen) atoms. The Morgan fingerprint density at radius 3 is 2.69 bits per heavy atom. The number of rotatable bonds is 2. The molecule has 2 unspecified atom stereocenters. The summed E-state index contributed by atoms with van der Waals surface area (Å²) in [7, 11) is 4.42. The lowest BCUT2D eigenvalue weighted by atomic mass is 10.3. The average molecular weight is 201 g/mol. The van der Waals surface area contributed by atoms with E-state index in [1.807, 2.05) is 4.90 Å². The Labute approximate surface area is 81.0 Å². The van der Waals surface area contributed by atoms with Crippen LogP contribution in [0.1, 0.15) is 19.3 Å². The highest BCUT2D eigenvalue weighted by molar-refractivity contribution is 7.17. The summed E-state index contributed by atoms with van der Waals surface area (Å²) in [6, 6.07) is 0. The molecular formula is C9H16NO2P. The van der Waals surface area contributed by atoms with E-state index in [2.05, 4.69) is 9.24 Å². The third-order valence-electron chi connectivity index (χ3n) is 3.00. The summed E-state index contributed by atoms with van der Waals surface area (Å²) < 4.78 is 5.26. The van der Waals surface area contributed by atoms with Crippen molar-refractivity contribution in [3.8, 4) is 0 Å². The Balaban J connectivity index is 1.98. The van der Waals surface area contributed by atoms with Crippen molar-refractivity contribution in [3.63, 3.8) is 0 Å². The molecule has 0 radical (unpaired) electrons. The lowest BCUT2D eigenvalue weighted by Crippen LogP contribution is -2.40. The van der Waals surface area contributed by atoms with E-state index >= 15 is 0 Å². The number of hydrogen-bond acceptors (Lipinski definition) is 2. The van der Waals surface area contributed by atoms with Crippen LogP contribution in [0.15, 0.2) is 0 Å². The molecule has 1 saturated carbocycles. The van der Waals surface area contributed by atoms with Crippen LogP contribution in [0.4, 0.5) is 0 Å². The Kier molecular flexibility index (Phi) is 2.33. The Hall–Kier alpha value is -0.140. The zero-order valence-corrected chi connectivity index (χ0v) is 9.11. The maximum atomic E-state index is 11.9. The van der Waals surface area contributed by atoms with Crippen molar-refractivity contribution in [3.05, 3.63) is 0 Å². The SMILES string of the molecule is COC1(C(=O)N2CCC(P)C2)CC1. The Bertz CT molecular complexity index is 228. The van der Waals surface area contributed by atoms with Crippen LogP contribution in [-0.4, -0.2) is 42.3 Å². The van der Waals surface area contributed by atoms with Gasteiger partial charge >= 0.3 is 0 Å². The van der Waals surface area contributed by atoms with E-state index in [4.69, 9.17) is 4.74 Å². The van der Waals surface area contributed by atoms with E-state index in [9.17, 15) is 4.79 Å². The van der Waals surface area contributed by atoms with Gasteiger partial charge in [0.15, 0.2) is 0 Å². The van der Waals surface area contributed by atoms with Gasteiger partial charge in [0.25, 0.3) is 5.91 Å². The second kappa shape index (κ2) is 3.21. The largest absolute Gasteiger partial charge is 0.368 e. The highest BCUT2D eigenvalue weighted by Crippen LogP contribution is 2.41. The van der Waals surface area contributed by atoms with E-state index in [1.54, 1.807) is 7.11 Å². The first-order chi connectivity index (χ1) is 6.18. The van der Waals surface area contributed by atoms with Gasteiger partial charge in [-0.2, -0.15) is 0 Å². The molecule has 1 saturated heterocycles. The zero-order valence-electron chi connectivity index (χ0n) is 7.95. The van der Waals surface area contributed by atoms with E-state index in [-0.39, 0.29) is 5.91 Å². The monoisotopic (exact) mass is 201 g/mol. The van der Waals surface area contributed by atoms with E-state index < -0.39 is 5.60 Å². The maximum absolute atomic E-state index is 11.9. The van der Waals surface area contributed by atoms with Crippen molar-refractivity contribution in [1.82, 2.24) is 4.90 Å². The van der Waals surface area contributed by atoms with Crippen LogP contribution in [0.3, 0.4) is 0 Å². The number of carbonyl (C=O) groups excluding carboxylic acids is 1. The quantitative estimate of drug-likeness (QED) is 0.614. The van der Waals surface area contributed by atoms with Gasteiger partial charge in [-0.25, -0.2) is 0 Å². The van der Waals surface area contributed by atoms with Crippen molar-refractivity contribution in [2.45, 2.75) is 30.5 Å². The predicted molar refractivity (Wildman–Crippen MR) is 53.7 cm³/mol. The number of hydrogen-bond donors (Lipinski definition) is 0. The smallest absolute Gasteiger partial charge is 0.254 e. The Morgan fingerprint density at radius 2 is 2.31 bits per heavy atom. The van der Waals surface area contributed by atoms with Crippen LogP contribution in [0.25, 0.3) is 0 Å². The second-order valence-electron chi connectivity index (χ2n) is 4.00. The molecule has 0 bridgehead atoms. The van der Waals surface area contributed by atoms with Crippen LogP contribution in [-0.2, 0) is 9.53 Å². The van der Waals surface area contributed by atoms with E-state index in [0.717, 1.165) is 32.4 Å². The fourth-order valence-corrected chi connectivity index (χ4v) is 2.28. The predicted octanol–water partition coefficient (Wildman–Crippen LogP) is 0.641. The summed E-state index contributed by atoms with van der Waals surface area (Å²) in [6.07, 6.45) is 2.91. The third kappa shape index (κ3) is 1.60. The highest BCUT2D eigenvalue weighted by Gasteiger charge is 2.53. The van der Waals surface area contributed by atoms with Gasteiger partial charge in [0.05, 0.1) is 0 Å². The molecule has 0 spiro atoms. The van der Waals surface area contributed by atoms with Crippen molar-refractivity contribution >= 4 is 15.1 Å². The van der Waals surface area contributed by atoms with Gasteiger partial charge in [0.1, 0.15) is 5.60 Å². The summed E-state index contributed by atoms with van der Waals surface area (Å²) in [5.41, 5.74) is 0.158. The fraction of sp³-hybridized carbons (Fsp3) is 0.889. The van der Waals surface area contributed by atoms with Gasteiger partial charge < -0.3 is 9.64 Å². The lowest BCUT2D eigenvalue weighted by molar-refractivity contribution is -0.143. The van der Waals surface area contributed by atoms with Crippen LogP contribution in [0.2, 0.25) is 0 Å². The average Bonchev–Trinajstić information content (AvgIpc) is 2.82. The summed E-state index contributed by atoms with van der Waals surface area (Å²) in [6.45, 7) is 1.78. The molecule has 1 aliphatic carbocycles. The number of carbonyl (C=O) groups is 1. The van der Waals surface area contributed by atoms with E-state index in [0.29, 0.717) is 5.66 Å². The van der Waals surface area contributed by atoms with Gasteiger partial charge in [-0.3, -0.25) is 4.79 Å². The van der Waals surface area contributed by atoms with Gasteiger partial charge in [-0.05, 0) is 24.9 Å². The van der Waals surface area contributed by atoms with Gasteiger partial charge in [0.2, 0.25) is 0 Å². The molecule has 2 rings (SSSR count). The molecular weight excluding hydrogens is 185 g/mol. The molecule has 2 fully saturated rings. The second-order valence-corrected chi connectivity index (χ2v) is 4.94. The van der Waals surface area contributed by atoms with E-state index in [1.165, 1.54) is 0 Å². The van der Waals surface area contributed by atoms with Crippen molar-refractivity contribution in [1.29, 1.82) is 0 Å².